The second-order valence-corrected chi connectivity index (χ2v) is 6.11. The Morgan fingerprint density at radius 1 is 1.30 bits per heavy atom. The van der Waals surface area contributed by atoms with Crippen LogP contribution in [-0.2, 0) is 5.60 Å². The van der Waals surface area contributed by atoms with Crippen LogP contribution < -0.4 is 4.74 Å². The summed E-state index contributed by atoms with van der Waals surface area (Å²) in [4.78, 5) is 4.45. The van der Waals surface area contributed by atoms with Gasteiger partial charge in [-0.1, -0.05) is 18.7 Å². The Kier molecular flexibility index (Phi) is 4.40. The predicted molar refractivity (Wildman–Crippen MR) is 80.1 cm³/mol. The molecule has 0 spiro atoms. The second-order valence-electron chi connectivity index (χ2n) is 4.88. The zero-order valence-corrected chi connectivity index (χ0v) is 13.0. The molecule has 0 aliphatic carbocycles. The molecule has 1 N–H and O–H groups in total. The van der Waals surface area contributed by atoms with Crippen LogP contribution in [0.4, 0.5) is 0 Å². The Bertz CT molecular complexity index is 570. The van der Waals surface area contributed by atoms with E-state index in [0.717, 1.165) is 27.9 Å². The van der Waals surface area contributed by atoms with Crippen LogP contribution in [0.5, 0.6) is 5.75 Å². The summed E-state index contributed by atoms with van der Waals surface area (Å²) < 4.78 is 10.9. The van der Waals surface area contributed by atoms with Crippen molar-refractivity contribution in [3.63, 3.8) is 0 Å². The molecule has 2 rings (SSSR count). The molecule has 1 heterocycles. The molecular formula is C15H19NO3S. The van der Waals surface area contributed by atoms with E-state index in [-0.39, 0.29) is 0 Å². The molecule has 0 aliphatic heterocycles. The highest BCUT2D eigenvalue weighted by Gasteiger charge is 2.26. The highest BCUT2D eigenvalue weighted by molar-refractivity contribution is 7.99. The van der Waals surface area contributed by atoms with E-state index in [1.807, 2.05) is 24.3 Å². The van der Waals surface area contributed by atoms with Crippen molar-refractivity contribution in [1.82, 2.24) is 4.98 Å². The van der Waals surface area contributed by atoms with Gasteiger partial charge in [0, 0.05) is 5.56 Å². The third kappa shape index (κ3) is 3.16. The van der Waals surface area contributed by atoms with Crippen LogP contribution in [0.3, 0.4) is 0 Å². The van der Waals surface area contributed by atoms with Crippen molar-refractivity contribution in [3.8, 4) is 17.0 Å². The molecular weight excluding hydrogens is 274 g/mol. The first-order chi connectivity index (χ1) is 9.45. The van der Waals surface area contributed by atoms with Gasteiger partial charge in [-0.3, -0.25) is 0 Å². The molecule has 0 saturated heterocycles. The van der Waals surface area contributed by atoms with Crippen molar-refractivity contribution >= 4 is 11.8 Å². The number of methoxy groups -OCH3 is 1. The van der Waals surface area contributed by atoms with Gasteiger partial charge in [0.2, 0.25) is 5.89 Å². The fourth-order valence-electron chi connectivity index (χ4n) is 1.73. The number of ether oxygens (including phenoxy) is 1. The molecule has 0 atom stereocenters. The fourth-order valence-corrected chi connectivity index (χ4v) is 2.43. The van der Waals surface area contributed by atoms with E-state index in [2.05, 4.69) is 11.9 Å². The number of hydrogen-bond acceptors (Lipinski definition) is 5. The summed E-state index contributed by atoms with van der Waals surface area (Å²) in [7, 11) is 1.63. The average molecular weight is 293 g/mol. The monoisotopic (exact) mass is 293 g/mol. The van der Waals surface area contributed by atoms with Crippen LogP contribution in [-0.4, -0.2) is 23.0 Å². The Morgan fingerprint density at radius 2 is 1.95 bits per heavy atom. The lowest BCUT2D eigenvalue weighted by Gasteiger charge is -2.10. The summed E-state index contributed by atoms with van der Waals surface area (Å²) in [5, 5.41) is 10.8. The third-order valence-electron chi connectivity index (χ3n) is 2.76. The minimum absolute atomic E-state index is 0.333. The maximum absolute atomic E-state index is 10.0. The Morgan fingerprint density at radius 3 is 2.45 bits per heavy atom. The quantitative estimate of drug-likeness (QED) is 0.852. The lowest BCUT2D eigenvalue weighted by Crippen LogP contribution is -2.15. The van der Waals surface area contributed by atoms with Crippen molar-refractivity contribution in [2.45, 2.75) is 31.5 Å². The summed E-state index contributed by atoms with van der Waals surface area (Å²) >= 11 is 1.57. The van der Waals surface area contributed by atoms with E-state index in [4.69, 9.17) is 9.15 Å². The number of aliphatic hydroxyl groups is 1. The number of oxazole rings is 1. The molecule has 0 radical (unpaired) electrons. The lowest BCUT2D eigenvalue weighted by molar-refractivity contribution is 0.0448. The first-order valence-corrected chi connectivity index (χ1v) is 7.45. The molecule has 108 valence electrons. The molecule has 0 amide bonds. The van der Waals surface area contributed by atoms with E-state index in [1.54, 1.807) is 32.7 Å². The predicted octanol–water partition coefficient (Wildman–Crippen LogP) is 3.69. The molecule has 20 heavy (non-hydrogen) atoms. The van der Waals surface area contributed by atoms with Crippen LogP contribution in [0.25, 0.3) is 11.3 Å². The number of benzene rings is 1. The van der Waals surface area contributed by atoms with Crippen LogP contribution in [0.15, 0.2) is 33.8 Å². The molecule has 2 aromatic rings. The SMILES string of the molecule is CCSc1oc(C(C)(C)O)nc1-c1ccc(OC)cc1. The van der Waals surface area contributed by atoms with E-state index in [0.29, 0.717) is 5.89 Å². The summed E-state index contributed by atoms with van der Waals surface area (Å²) in [6.07, 6.45) is 0. The topological polar surface area (TPSA) is 55.5 Å². The summed E-state index contributed by atoms with van der Waals surface area (Å²) in [6.45, 7) is 5.38. The number of thioether (sulfide) groups is 1. The van der Waals surface area contributed by atoms with Crippen LogP contribution >= 0.6 is 11.8 Å². The molecule has 4 nitrogen and oxygen atoms in total. The number of nitrogens with zero attached hydrogens (tertiary/aromatic N) is 1. The van der Waals surface area contributed by atoms with Crippen LogP contribution in [0, 0.1) is 0 Å². The number of hydrogen-bond donors (Lipinski definition) is 1. The Balaban J connectivity index is 2.44. The zero-order chi connectivity index (χ0) is 14.8. The Hall–Kier alpha value is -1.46. The van der Waals surface area contributed by atoms with E-state index < -0.39 is 5.60 Å². The van der Waals surface area contributed by atoms with Crippen molar-refractivity contribution in [2.24, 2.45) is 0 Å². The van der Waals surface area contributed by atoms with Gasteiger partial charge in [0.15, 0.2) is 5.09 Å². The number of aromatic nitrogens is 1. The van der Waals surface area contributed by atoms with Gasteiger partial charge < -0.3 is 14.3 Å². The van der Waals surface area contributed by atoms with E-state index >= 15 is 0 Å². The van der Waals surface area contributed by atoms with Crippen molar-refractivity contribution in [1.29, 1.82) is 0 Å². The summed E-state index contributed by atoms with van der Waals surface area (Å²) in [6, 6.07) is 7.64. The standard InChI is InChI=1S/C15H19NO3S/c1-5-20-13-12(16-14(19-13)15(2,3)17)10-6-8-11(18-4)9-7-10/h6-9,17H,5H2,1-4H3. The van der Waals surface area contributed by atoms with Gasteiger partial charge in [-0.15, -0.1) is 0 Å². The Labute approximate surface area is 123 Å². The second kappa shape index (κ2) is 5.89. The molecule has 0 aliphatic rings. The first kappa shape index (κ1) is 14.9. The molecule has 1 aromatic heterocycles. The third-order valence-corrected chi connectivity index (χ3v) is 3.59. The summed E-state index contributed by atoms with van der Waals surface area (Å²) in [5.74, 6) is 2.01. The van der Waals surface area contributed by atoms with Crippen LogP contribution in [0.2, 0.25) is 0 Å². The minimum Gasteiger partial charge on any atom is -0.497 e. The van der Waals surface area contributed by atoms with Crippen molar-refractivity contribution < 1.29 is 14.3 Å². The number of rotatable bonds is 5. The molecule has 1 aromatic carbocycles. The molecule has 0 bridgehead atoms. The van der Waals surface area contributed by atoms with Gasteiger partial charge in [-0.25, -0.2) is 4.98 Å². The maximum atomic E-state index is 10.0. The van der Waals surface area contributed by atoms with Gasteiger partial charge in [0.25, 0.3) is 0 Å². The molecule has 5 heteroatoms. The molecule has 0 fully saturated rings. The fraction of sp³-hybridized carbons (Fsp3) is 0.400. The smallest absolute Gasteiger partial charge is 0.227 e. The molecule has 0 unspecified atom stereocenters. The first-order valence-electron chi connectivity index (χ1n) is 6.46. The van der Waals surface area contributed by atoms with Gasteiger partial charge in [-0.05, 0) is 43.9 Å². The highest BCUT2D eigenvalue weighted by atomic mass is 32.2. The van der Waals surface area contributed by atoms with Crippen molar-refractivity contribution in [3.05, 3.63) is 30.2 Å². The van der Waals surface area contributed by atoms with Crippen LogP contribution in [0.1, 0.15) is 26.7 Å². The van der Waals surface area contributed by atoms with E-state index in [1.165, 1.54) is 0 Å². The van der Waals surface area contributed by atoms with Crippen molar-refractivity contribution in [2.75, 3.05) is 12.9 Å². The zero-order valence-electron chi connectivity index (χ0n) is 12.1. The van der Waals surface area contributed by atoms with E-state index in [9.17, 15) is 5.11 Å². The summed E-state index contributed by atoms with van der Waals surface area (Å²) in [5.41, 5.74) is 0.617. The average Bonchev–Trinajstić information content (AvgIpc) is 2.83. The van der Waals surface area contributed by atoms with Gasteiger partial charge in [-0.2, -0.15) is 0 Å². The molecule has 0 saturated carbocycles. The highest BCUT2D eigenvalue weighted by Crippen LogP contribution is 2.35. The minimum atomic E-state index is -1.09. The van der Waals surface area contributed by atoms with Gasteiger partial charge >= 0.3 is 0 Å². The normalized spacial score (nSPS) is 11.7. The largest absolute Gasteiger partial charge is 0.497 e. The lowest BCUT2D eigenvalue weighted by atomic mass is 10.1. The van der Waals surface area contributed by atoms with Gasteiger partial charge in [0.05, 0.1) is 7.11 Å². The van der Waals surface area contributed by atoms with Gasteiger partial charge in [0.1, 0.15) is 17.0 Å². The maximum Gasteiger partial charge on any atom is 0.227 e.